The number of rotatable bonds is 4. The molecule has 5 nitrogen and oxygen atoms in total. The Labute approximate surface area is 169 Å². The maximum Gasteiger partial charge on any atom is 0.276 e. The fraction of sp³-hybridized carbons (Fsp3) is 0.318. The van der Waals surface area contributed by atoms with Crippen molar-refractivity contribution in [2.75, 3.05) is 13.1 Å². The van der Waals surface area contributed by atoms with Gasteiger partial charge in [0.25, 0.3) is 5.91 Å². The molecule has 0 aliphatic carbocycles. The number of piperidine rings is 1. The number of likely N-dealkylation sites (tertiary alicyclic amines) is 1. The summed E-state index contributed by atoms with van der Waals surface area (Å²) in [5.74, 6) is 0.330. The fourth-order valence-corrected chi connectivity index (χ4v) is 4.13. The molecule has 0 bridgehead atoms. The van der Waals surface area contributed by atoms with E-state index in [2.05, 4.69) is 41.5 Å². The van der Waals surface area contributed by atoms with Crippen LogP contribution in [0.4, 0.5) is 0 Å². The van der Waals surface area contributed by atoms with Crippen molar-refractivity contribution in [3.05, 3.63) is 82.1 Å². The Morgan fingerprint density at radius 2 is 2.07 bits per heavy atom. The highest BCUT2D eigenvalue weighted by atomic mass is 35.5. The summed E-state index contributed by atoms with van der Waals surface area (Å²) in [7, 11) is 0. The summed E-state index contributed by atoms with van der Waals surface area (Å²) in [5.41, 5.74) is 4.04. The summed E-state index contributed by atoms with van der Waals surface area (Å²) in [6, 6.07) is 16.1. The van der Waals surface area contributed by atoms with Crippen molar-refractivity contribution in [2.45, 2.75) is 32.2 Å². The summed E-state index contributed by atoms with van der Waals surface area (Å²) >= 11 is 6.04. The van der Waals surface area contributed by atoms with Gasteiger partial charge in [-0.2, -0.15) is 0 Å². The van der Waals surface area contributed by atoms with Gasteiger partial charge in [-0.1, -0.05) is 53.2 Å². The Morgan fingerprint density at radius 1 is 1.21 bits per heavy atom. The number of hydrogen-bond acceptors (Lipinski definition) is 3. The Balaban J connectivity index is 1.46. The van der Waals surface area contributed by atoms with Gasteiger partial charge in [-0.05, 0) is 48.6 Å². The number of hydrogen-bond donors (Lipinski definition) is 0. The second kappa shape index (κ2) is 8.15. The first-order valence-electron chi connectivity index (χ1n) is 9.59. The van der Waals surface area contributed by atoms with Crippen LogP contribution in [0.15, 0.2) is 54.7 Å². The highest BCUT2D eigenvalue weighted by Crippen LogP contribution is 2.29. The Morgan fingerprint density at radius 3 is 2.89 bits per heavy atom. The zero-order valence-corrected chi connectivity index (χ0v) is 16.6. The lowest BCUT2D eigenvalue weighted by molar-refractivity contribution is 0.0700. The number of carbonyl (C=O) groups excluding carboxylic acids is 1. The number of nitrogens with zero attached hydrogens (tertiary/aromatic N) is 4. The van der Waals surface area contributed by atoms with Gasteiger partial charge in [-0.25, -0.2) is 4.68 Å². The van der Waals surface area contributed by atoms with Crippen LogP contribution >= 0.6 is 11.6 Å². The molecule has 1 atom stereocenters. The van der Waals surface area contributed by atoms with Crippen molar-refractivity contribution in [3.8, 4) is 0 Å². The van der Waals surface area contributed by atoms with E-state index >= 15 is 0 Å². The predicted octanol–water partition coefficient (Wildman–Crippen LogP) is 4.31. The highest BCUT2D eigenvalue weighted by Gasteiger charge is 2.27. The zero-order valence-electron chi connectivity index (χ0n) is 15.9. The third-order valence-electron chi connectivity index (χ3n) is 5.33. The van der Waals surface area contributed by atoms with Crippen molar-refractivity contribution >= 4 is 17.5 Å². The molecule has 0 unspecified atom stereocenters. The van der Waals surface area contributed by atoms with Gasteiger partial charge >= 0.3 is 0 Å². The minimum absolute atomic E-state index is 0.0457. The molecule has 2 heterocycles. The standard InChI is InChI=1S/C22H23ClN4O/c1-16-6-2-3-10-20(16)18-8-5-11-26(14-18)22(28)21-15-27(25-24-21)13-17-7-4-9-19(23)12-17/h2-4,6-7,9-10,12,15,18H,5,8,11,13-14H2,1H3/t18-/m0/s1. The average Bonchev–Trinajstić information content (AvgIpc) is 3.16. The van der Waals surface area contributed by atoms with Gasteiger partial charge in [0.05, 0.1) is 12.7 Å². The van der Waals surface area contributed by atoms with Gasteiger partial charge in [0.2, 0.25) is 0 Å². The number of aryl methyl sites for hydroxylation is 1. The van der Waals surface area contributed by atoms with E-state index in [1.165, 1.54) is 11.1 Å². The van der Waals surface area contributed by atoms with Crippen LogP contribution in [0, 0.1) is 6.92 Å². The van der Waals surface area contributed by atoms with E-state index in [-0.39, 0.29) is 5.91 Å². The Hall–Kier alpha value is -2.66. The molecular formula is C22H23ClN4O. The maximum absolute atomic E-state index is 13.0. The van der Waals surface area contributed by atoms with Gasteiger partial charge in [-0.3, -0.25) is 4.79 Å². The van der Waals surface area contributed by atoms with Crippen molar-refractivity contribution in [1.82, 2.24) is 19.9 Å². The van der Waals surface area contributed by atoms with Crippen LogP contribution < -0.4 is 0 Å². The minimum atomic E-state index is -0.0457. The third kappa shape index (κ3) is 4.09. The van der Waals surface area contributed by atoms with E-state index in [0.717, 1.165) is 31.5 Å². The molecule has 1 aromatic heterocycles. The predicted molar refractivity (Wildman–Crippen MR) is 110 cm³/mol. The number of aromatic nitrogens is 3. The van der Waals surface area contributed by atoms with Gasteiger partial charge < -0.3 is 4.90 Å². The SMILES string of the molecule is Cc1ccccc1[C@H]1CCCN(C(=O)c2cn(Cc3cccc(Cl)c3)nn2)C1. The topological polar surface area (TPSA) is 51.0 Å². The number of benzene rings is 2. The monoisotopic (exact) mass is 394 g/mol. The highest BCUT2D eigenvalue weighted by molar-refractivity contribution is 6.30. The van der Waals surface area contributed by atoms with E-state index in [4.69, 9.17) is 11.6 Å². The van der Waals surface area contributed by atoms with Gasteiger partial charge in [0.15, 0.2) is 5.69 Å². The number of amides is 1. The molecule has 1 fully saturated rings. The molecule has 144 valence electrons. The van der Waals surface area contributed by atoms with Crippen LogP contribution in [0.5, 0.6) is 0 Å². The number of carbonyl (C=O) groups is 1. The summed E-state index contributed by atoms with van der Waals surface area (Å²) < 4.78 is 1.68. The van der Waals surface area contributed by atoms with E-state index in [1.54, 1.807) is 10.9 Å². The number of halogens is 1. The smallest absolute Gasteiger partial charge is 0.276 e. The molecule has 1 aliphatic rings. The quantitative estimate of drug-likeness (QED) is 0.662. The lowest BCUT2D eigenvalue weighted by Gasteiger charge is -2.33. The van der Waals surface area contributed by atoms with Crippen LogP contribution in [-0.4, -0.2) is 38.9 Å². The van der Waals surface area contributed by atoms with Crippen LogP contribution in [0.25, 0.3) is 0 Å². The van der Waals surface area contributed by atoms with Crippen LogP contribution in [0.1, 0.15) is 45.9 Å². The van der Waals surface area contributed by atoms with Crippen LogP contribution in [-0.2, 0) is 6.54 Å². The largest absolute Gasteiger partial charge is 0.337 e. The lowest BCUT2D eigenvalue weighted by atomic mass is 9.88. The van der Waals surface area contributed by atoms with E-state index < -0.39 is 0 Å². The van der Waals surface area contributed by atoms with Crippen molar-refractivity contribution in [2.24, 2.45) is 0 Å². The zero-order chi connectivity index (χ0) is 19.5. The minimum Gasteiger partial charge on any atom is -0.337 e. The third-order valence-corrected chi connectivity index (χ3v) is 5.56. The van der Waals surface area contributed by atoms with E-state index in [9.17, 15) is 4.79 Å². The molecular weight excluding hydrogens is 372 g/mol. The molecule has 1 aliphatic heterocycles. The normalized spacial score (nSPS) is 16.9. The van der Waals surface area contributed by atoms with Crippen molar-refractivity contribution < 1.29 is 4.79 Å². The molecule has 1 amide bonds. The Kier molecular flexibility index (Phi) is 5.44. The fourth-order valence-electron chi connectivity index (χ4n) is 3.92. The van der Waals surface area contributed by atoms with Crippen LogP contribution in [0.2, 0.25) is 5.02 Å². The lowest BCUT2D eigenvalue weighted by Crippen LogP contribution is -2.39. The Bertz CT molecular complexity index is 984. The molecule has 28 heavy (non-hydrogen) atoms. The second-order valence-electron chi connectivity index (χ2n) is 7.38. The second-order valence-corrected chi connectivity index (χ2v) is 7.81. The summed E-state index contributed by atoms with van der Waals surface area (Å²) in [5, 5.41) is 8.92. The molecule has 0 spiro atoms. The first-order valence-corrected chi connectivity index (χ1v) is 9.97. The van der Waals surface area contributed by atoms with Crippen molar-refractivity contribution in [3.63, 3.8) is 0 Å². The summed E-state index contributed by atoms with van der Waals surface area (Å²) in [6.07, 6.45) is 3.83. The first kappa shape index (κ1) is 18.7. The van der Waals surface area contributed by atoms with Crippen molar-refractivity contribution in [1.29, 1.82) is 0 Å². The molecule has 2 aromatic carbocycles. The first-order chi connectivity index (χ1) is 13.6. The van der Waals surface area contributed by atoms with Gasteiger partial charge in [0, 0.05) is 24.0 Å². The summed E-state index contributed by atoms with van der Waals surface area (Å²) in [4.78, 5) is 14.9. The van der Waals surface area contributed by atoms with E-state index in [1.807, 2.05) is 29.2 Å². The molecule has 4 rings (SSSR count). The maximum atomic E-state index is 13.0. The summed E-state index contributed by atoms with van der Waals surface area (Å²) in [6.45, 7) is 4.16. The average molecular weight is 395 g/mol. The molecule has 0 saturated carbocycles. The molecule has 6 heteroatoms. The molecule has 0 N–H and O–H groups in total. The van der Waals surface area contributed by atoms with Gasteiger partial charge in [-0.15, -0.1) is 5.10 Å². The molecule has 1 saturated heterocycles. The molecule has 3 aromatic rings. The van der Waals surface area contributed by atoms with Crippen LogP contribution in [0.3, 0.4) is 0 Å². The van der Waals surface area contributed by atoms with Gasteiger partial charge in [0.1, 0.15) is 0 Å². The molecule has 0 radical (unpaired) electrons. The van der Waals surface area contributed by atoms with E-state index in [0.29, 0.717) is 23.2 Å².